The van der Waals surface area contributed by atoms with Gasteiger partial charge < -0.3 is 5.32 Å². The number of thioether (sulfide) groups is 1. The smallest absolute Gasteiger partial charge is 0.333 e. The fraction of sp³-hybridized carbons (Fsp3) is 0.394. The Morgan fingerprint density at radius 1 is 0.952 bits per heavy atom. The van der Waals surface area contributed by atoms with Crippen molar-refractivity contribution in [2.24, 2.45) is 0 Å². The van der Waals surface area contributed by atoms with Crippen molar-refractivity contribution >= 4 is 28.7 Å². The predicted octanol–water partition coefficient (Wildman–Crippen LogP) is 5.91. The molecular formula is C33H35FN4O3S. The minimum absolute atomic E-state index is 0.0551. The van der Waals surface area contributed by atoms with Crippen molar-refractivity contribution in [1.29, 1.82) is 0 Å². The van der Waals surface area contributed by atoms with Gasteiger partial charge in [-0.15, -0.1) is 0 Å². The first kappa shape index (κ1) is 28.4. The van der Waals surface area contributed by atoms with Gasteiger partial charge in [-0.25, -0.2) is 14.2 Å². The van der Waals surface area contributed by atoms with E-state index in [0.29, 0.717) is 31.2 Å². The quantitative estimate of drug-likeness (QED) is 0.304. The van der Waals surface area contributed by atoms with Gasteiger partial charge in [-0.05, 0) is 91.3 Å². The van der Waals surface area contributed by atoms with E-state index >= 15 is 0 Å². The molecule has 0 unspecified atom stereocenters. The summed E-state index contributed by atoms with van der Waals surface area (Å²) in [6.07, 6.45) is 5.93. The van der Waals surface area contributed by atoms with Gasteiger partial charge in [0, 0.05) is 23.7 Å². The minimum atomic E-state index is -0.593. The molecule has 2 aromatic carbocycles. The van der Waals surface area contributed by atoms with Crippen LogP contribution in [0.15, 0.2) is 70.4 Å². The number of carbonyl (C=O) groups excluding carboxylic acids is 1. The third-order valence-electron chi connectivity index (χ3n) is 8.71. The number of amides is 1. The Morgan fingerprint density at radius 2 is 1.67 bits per heavy atom. The SMILES string of the molecule is CCc1cc(C(=O)N[C@H]2CC[C@@H](n3c(=O)c4cc(F)cnc4n(C4CCSCC4)c3=O)CC2)ccc1-c1ccccc1. The van der Waals surface area contributed by atoms with Crippen molar-refractivity contribution in [2.45, 2.75) is 70.0 Å². The zero-order chi connectivity index (χ0) is 29.2. The normalized spacial score (nSPS) is 19.6. The first-order valence-corrected chi connectivity index (χ1v) is 16.0. The van der Waals surface area contributed by atoms with Crippen LogP contribution >= 0.6 is 11.8 Å². The summed E-state index contributed by atoms with van der Waals surface area (Å²) < 4.78 is 17.2. The molecule has 1 amide bonds. The molecule has 1 N–H and O–H groups in total. The standard InChI is InChI=1S/C33H35FN4O3S/c1-2-21-18-23(8-13-28(21)22-6-4-3-5-7-22)31(39)36-25-9-11-26(12-10-25)38-32(40)29-19-24(34)20-35-30(29)37(33(38)41)27-14-16-42-17-15-27/h3-8,13,18-20,25-27H,2,9-12,14-17H2,1H3,(H,36,39)/t25-,26+. The van der Waals surface area contributed by atoms with E-state index in [1.807, 2.05) is 48.2 Å². The van der Waals surface area contributed by atoms with Crippen molar-refractivity contribution in [2.75, 3.05) is 11.5 Å². The molecule has 0 spiro atoms. The molecule has 1 aliphatic carbocycles. The van der Waals surface area contributed by atoms with Gasteiger partial charge in [-0.2, -0.15) is 11.8 Å². The number of pyridine rings is 1. The van der Waals surface area contributed by atoms with Gasteiger partial charge in [0.15, 0.2) is 0 Å². The Morgan fingerprint density at radius 3 is 2.38 bits per heavy atom. The van der Waals surface area contributed by atoms with E-state index in [4.69, 9.17) is 0 Å². The van der Waals surface area contributed by atoms with Crippen LogP contribution in [0.2, 0.25) is 0 Å². The summed E-state index contributed by atoms with van der Waals surface area (Å²) in [5, 5.41) is 3.32. The molecular weight excluding hydrogens is 551 g/mol. The molecule has 0 radical (unpaired) electrons. The number of benzene rings is 2. The Labute approximate surface area is 248 Å². The van der Waals surface area contributed by atoms with Gasteiger partial charge in [0.1, 0.15) is 11.5 Å². The second kappa shape index (κ2) is 12.3. The summed E-state index contributed by atoms with van der Waals surface area (Å²) in [6.45, 7) is 2.09. The Bertz CT molecular complexity index is 1720. The number of halogens is 1. The Kier molecular flexibility index (Phi) is 8.29. The summed E-state index contributed by atoms with van der Waals surface area (Å²) in [5.41, 5.74) is 3.43. The molecule has 1 saturated carbocycles. The molecule has 42 heavy (non-hydrogen) atoms. The highest BCUT2D eigenvalue weighted by molar-refractivity contribution is 7.99. The average molecular weight is 587 g/mol. The van der Waals surface area contributed by atoms with Crippen molar-refractivity contribution in [3.05, 3.63) is 98.6 Å². The van der Waals surface area contributed by atoms with Crippen LogP contribution in [0, 0.1) is 5.82 Å². The number of carbonyl (C=O) groups is 1. The molecule has 4 aromatic rings. The first-order valence-electron chi connectivity index (χ1n) is 14.8. The summed E-state index contributed by atoms with van der Waals surface area (Å²) >= 11 is 1.85. The van der Waals surface area contributed by atoms with E-state index in [9.17, 15) is 18.8 Å². The molecule has 2 fully saturated rings. The van der Waals surface area contributed by atoms with Gasteiger partial charge in [0.25, 0.3) is 11.5 Å². The number of aryl methyl sites for hydroxylation is 1. The third-order valence-corrected chi connectivity index (χ3v) is 9.76. The van der Waals surface area contributed by atoms with Gasteiger partial charge in [0.05, 0.1) is 11.6 Å². The molecule has 2 aliphatic rings. The summed E-state index contributed by atoms with van der Waals surface area (Å²) in [4.78, 5) is 44.8. The van der Waals surface area contributed by atoms with E-state index in [2.05, 4.69) is 29.4 Å². The predicted molar refractivity (Wildman–Crippen MR) is 166 cm³/mol. The molecule has 3 heterocycles. The summed E-state index contributed by atoms with van der Waals surface area (Å²) in [7, 11) is 0. The Hall–Kier alpha value is -3.72. The molecule has 1 saturated heterocycles. The molecule has 2 aromatic heterocycles. The van der Waals surface area contributed by atoms with E-state index in [1.54, 1.807) is 4.57 Å². The Balaban J connectivity index is 1.20. The van der Waals surface area contributed by atoms with Crippen LogP contribution < -0.4 is 16.6 Å². The van der Waals surface area contributed by atoms with E-state index in [1.165, 1.54) is 10.6 Å². The number of nitrogens with zero attached hydrogens (tertiary/aromatic N) is 3. The molecule has 1 aliphatic heterocycles. The van der Waals surface area contributed by atoms with Gasteiger partial charge in [-0.1, -0.05) is 43.3 Å². The lowest BCUT2D eigenvalue weighted by molar-refractivity contribution is 0.0921. The van der Waals surface area contributed by atoms with Crippen LogP contribution in [0.4, 0.5) is 4.39 Å². The van der Waals surface area contributed by atoms with Gasteiger partial charge in [0.2, 0.25) is 0 Å². The highest BCUT2D eigenvalue weighted by Gasteiger charge is 2.30. The van der Waals surface area contributed by atoms with Gasteiger partial charge in [-0.3, -0.25) is 18.7 Å². The maximum absolute atomic E-state index is 14.2. The van der Waals surface area contributed by atoms with E-state index in [-0.39, 0.29) is 40.8 Å². The van der Waals surface area contributed by atoms with E-state index < -0.39 is 11.4 Å². The monoisotopic (exact) mass is 586 g/mol. The molecule has 6 rings (SSSR count). The van der Waals surface area contributed by atoms with Crippen molar-refractivity contribution in [3.63, 3.8) is 0 Å². The van der Waals surface area contributed by atoms with Crippen LogP contribution in [0.5, 0.6) is 0 Å². The van der Waals surface area contributed by atoms with Crippen LogP contribution in [0.3, 0.4) is 0 Å². The fourth-order valence-electron chi connectivity index (χ4n) is 6.47. The average Bonchev–Trinajstić information content (AvgIpc) is 3.03. The van der Waals surface area contributed by atoms with Crippen LogP contribution in [0.1, 0.15) is 73.5 Å². The van der Waals surface area contributed by atoms with Crippen molar-refractivity contribution in [1.82, 2.24) is 19.4 Å². The highest BCUT2D eigenvalue weighted by atomic mass is 32.2. The zero-order valence-corrected chi connectivity index (χ0v) is 24.5. The molecule has 0 bridgehead atoms. The summed E-state index contributed by atoms with van der Waals surface area (Å²) in [6, 6.07) is 16.8. The van der Waals surface area contributed by atoms with Crippen LogP contribution in [-0.2, 0) is 6.42 Å². The topological polar surface area (TPSA) is 86.0 Å². The zero-order valence-electron chi connectivity index (χ0n) is 23.7. The number of hydrogen-bond acceptors (Lipinski definition) is 5. The van der Waals surface area contributed by atoms with Crippen molar-refractivity contribution in [3.8, 4) is 11.1 Å². The van der Waals surface area contributed by atoms with Crippen LogP contribution in [0.25, 0.3) is 22.2 Å². The first-order chi connectivity index (χ1) is 20.4. The molecule has 9 heteroatoms. The number of nitrogens with one attached hydrogen (secondary N) is 1. The lowest BCUT2D eigenvalue weighted by Crippen LogP contribution is -2.46. The third kappa shape index (κ3) is 5.54. The lowest BCUT2D eigenvalue weighted by Gasteiger charge is -2.31. The number of rotatable bonds is 6. The number of aromatic nitrogens is 3. The number of fused-ring (bicyclic) bond motifs is 1. The molecule has 0 atom stereocenters. The second-order valence-corrected chi connectivity index (χ2v) is 12.5. The molecule has 218 valence electrons. The maximum Gasteiger partial charge on any atom is 0.333 e. The van der Waals surface area contributed by atoms with Gasteiger partial charge >= 0.3 is 5.69 Å². The number of hydrogen-bond donors (Lipinski definition) is 1. The maximum atomic E-state index is 14.2. The van der Waals surface area contributed by atoms with E-state index in [0.717, 1.165) is 53.7 Å². The second-order valence-electron chi connectivity index (χ2n) is 11.3. The molecule has 7 nitrogen and oxygen atoms in total. The van der Waals surface area contributed by atoms with Crippen molar-refractivity contribution < 1.29 is 9.18 Å². The summed E-state index contributed by atoms with van der Waals surface area (Å²) in [5.74, 6) is 1.15. The van der Waals surface area contributed by atoms with Crippen LogP contribution in [-0.4, -0.2) is 37.6 Å². The largest absolute Gasteiger partial charge is 0.349 e. The highest BCUT2D eigenvalue weighted by Crippen LogP contribution is 2.31. The lowest BCUT2D eigenvalue weighted by atomic mass is 9.90. The minimum Gasteiger partial charge on any atom is -0.349 e. The fourth-order valence-corrected chi connectivity index (χ4v) is 7.55.